The first-order chi connectivity index (χ1) is 11.0. The molecule has 1 atom stereocenters. The second-order valence-corrected chi connectivity index (χ2v) is 6.66. The molecule has 9 heteroatoms. The zero-order chi connectivity index (χ0) is 18.5. The normalized spacial score (nSPS) is 12.2. The molecule has 0 aliphatic carbocycles. The summed E-state index contributed by atoms with van der Waals surface area (Å²) in [6.45, 7) is 4.64. The van der Waals surface area contributed by atoms with Crippen LogP contribution in [0.25, 0.3) is 0 Å². The standard InChI is InChI=1S/C15H18Cl2N2O5/c1-15(2,3)24-14(23)18-7-10(13(21)22)19-12(20)11-8(16)5-4-6-9(11)17/h4-6,10H,7H2,1-3H3,(H,18,23)(H,19,20)(H,21,22). The summed E-state index contributed by atoms with van der Waals surface area (Å²) in [5.74, 6) is -2.09. The molecule has 0 fully saturated rings. The van der Waals surface area contributed by atoms with Crippen molar-refractivity contribution in [2.75, 3.05) is 6.54 Å². The number of hydrogen-bond acceptors (Lipinski definition) is 4. The summed E-state index contributed by atoms with van der Waals surface area (Å²) in [6.07, 6.45) is -0.793. The molecule has 0 spiro atoms. The third kappa shape index (κ3) is 6.25. The van der Waals surface area contributed by atoms with Gasteiger partial charge in [0.05, 0.1) is 22.2 Å². The summed E-state index contributed by atoms with van der Waals surface area (Å²) in [6, 6.07) is 3.09. The minimum absolute atomic E-state index is 0.0376. The van der Waals surface area contributed by atoms with Gasteiger partial charge in [0.2, 0.25) is 0 Å². The van der Waals surface area contributed by atoms with Gasteiger partial charge in [-0.2, -0.15) is 0 Å². The second kappa shape index (κ2) is 8.21. The molecule has 0 radical (unpaired) electrons. The second-order valence-electron chi connectivity index (χ2n) is 5.84. The van der Waals surface area contributed by atoms with E-state index in [9.17, 15) is 19.5 Å². The number of carbonyl (C=O) groups excluding carboxylic acids is 2. The molecular formula is C15H18Cl2N2O5. The van der Waals surface area contributed by atoms with E-state index in [-0.39, 0.29) is 22.2 Å². The Morgan fingerprint density at radius 1 is 1.21 bits per heavy atom. The molecule has 1 rings (SSSR count). The predicted octanol–water partition coefficient (Wildman–Crippen LogP) is 2.70. The summed E-state index contributed by atoms with van der Waals surface area (Å²) in [4.78, 5) is 35.0. The van der Waals surface area contributed by atoms with Gasteiger partial charge in [-0.25, -0.2) is 9.59 Å². The lowest BCUT2D eigenvalue weighted by molar-refractivity contribution is -0.139. The van der Waals surface area contributed by atoms with Gasteiger partial charge < -0.3 is 20.5 Å². The summed E-state index contributed by atoms with van der Waals surface area (Å²) in [5, 5.41) is 13.9. The molecular weight excluding hydrogens is 359 g/mol. The van der Waals surface area contributed by atoms with Crippen LogP contribution in [0.15, 0.2) is 18.2 Å². The monoisotopic (exact) mass is 376 g/mol. The number of amides is 2. The van der Waals surface area contributed by atoms with Crippen molar-refractivity contribution in [1.29, 1.82) is 0 Å². The Morgan fingerprint density at radius 2 is 1.75 bits per heavy atom. The number of halogens is 2. The number of hydrogen-bond donors (Lipinski definition) is 3. The molecule has 3 N–H and O–H groups in total. The highest BCUT2D eigenvalue weighted by Crippen LogP contribution is 2.24. The number of ether oxygens (including phenoxy) is 1. The minimum Gasteiger partial charge on any atom is -0.480 e. The van der Waals surface area contributed by atoms with E-state index in [4.69, 9.17) is 27.9 Å². The van der Waals surface area contributed by atoms with E-state index < -0.39 is 29.6 Å². The van der Waals surface area contributed by atoms with E-state index in [0.29, 0.717) is 0 Å². The van der Waals surface area contributed by atoms with Gasteiger partial charge in [0.1, 0.15) is 11.6 Å². The number of carboxylic acids is 1. The fraction of sp³-hybridized carbons (Fsp3) is 0.400. The lowest BCUT2D eigenvalue weighted by atomic mass is 10.2. The van der Waals surface area contributed by atoms with E-state index in [1.54, 1.807) is 26.8 Å². The van der Waals surface area contributed by atoms with Gasteiger partial charge in [-0.15, -0.1) is 0 Å². The summed E-state index contributed by atoms with van der Waals surface area (Å²) in [7, 11) is 0. The molecule has 0 heterocycles. The van der Waals surface area contributed by atoms with Crippen LogP contribution >= 0.6 is 23.2 Å². The Labute approximate surface area is 149 Å². The zero-order valence-electron chi connectivity index (χ0n) is 13.4. The molecule has 0 saturated heterocycles. The fourth-order valence-corrected chi connectivity index (χ4v) is 2.21. The molecule has 0 bridgehead atoms. The van der Waals surface area contributed by atoms with Gasteiger partial charge in [-0.3, -0.25) is 4.79 Å². The highest BCUT2D eigenvalue weighted by molar-refractivity contribution is 6.39. The van der Waals surface area contributed by atoms with Crippen LogP contribution in [0.2, 0.25) is 10.0 Å². The zero-order valence-corrected chi connectivity index (χ0v) is 14.9. The molecule has 0 aliphatic rings. The Balaban J connectivity index is 2.75. The Bertz CT molecular complexity index is 623. The number of nitrogens with one attached hydrogen (secondary N) is 2. The highest BCUT2D eigenvalue weighted by Gasteiger charge is 2.25. The average Bonchev–Trinajstić information content (AvgIpc) is 2.40. The molecule has 0 saturated carbocycles. The highest BCUT2D eigenvalue weighted by atomic mass is 35.5. The summed E-state index contributed by atoms with van der Waals surface area (Å²) < 4.78 is 5.00. The van der Waals surface area contributed by atoms with E-state index in [0.717, 1.165) is 0 Å². The van der Waals surface area contributed by atoms with Crippen LogP contribution < -0.4 is 10.6 Å². The van der Waals surface area contributed by atoms with Gasteiger partial charge in [0.15, 0.2) is 0 Å². The Hall–Kier alpha value is -1.99. The van der Waals surface area contributed by atoms with E-state index in [1.165, 1.54) is 12.1 Å². The molecule has 24 heavy (non-hydrogen) atoms. The quantitative estimate of drug-likeness (QED) is 0.732. The molecule has 1 aromatic rings. The number of carboxylic acid groups (broad SMARTS) is 1. The third-order valence-corrected chi connectivity index (χ3v) is 3.27. The van der Waals surface area contributed by atoms with Crippen LogP contribution in [0.4, 0.5) is 4.79 Å². The van der Waals surface area contributed by atoms with Crippen molar-refractivity contribution in [2.45, 2.75) is 32.4 Å². The van der Waals surface area contributed by atoms with E-state index in [2.05, 4.69) is 10.6 Å². The van der Waals surface area contributed by atoms with E-state index in [1.807, 2.05) is 0 Å². The number of carbonyl (C=O) groups is 3. The maximum absolute atomic E-state index is 12.2. The van der Waals surface area contributed by atoms with Crippen molar-refractivity contribution < 1.29 is 24.2 Å². The maximum Gasteiger partial charge on any atom is 0.407 e. The van der Waals surface area contributed by atoms with Gasteiger partial charge in [-0.1, -0.05) is 29.3 Å². The number of rotatable bonds is 5. The van der Waals surface area contributed by atoms with Crippen molar-refractivity contribution >= 4 is 41.2 Å². The topological polar surface area (TPSA) is 105 Å². The lowest BCUT2D eigenvalue weighted by Gasteiger charge is -2.21. The summed E-state index contributed by atoms with van der Waals surface area (Å²) in [5.41, 5.74) is -0.763. The summed E-state index contributed by atoms with van der Waals surface area (Å²) >= 11 is 11.8. The maximum atomic E-state index is 12.2. The predicted molar refractivity (Wildman–Crippen MR) is 89.6 cm³/mol. The molecule has 1 aromatic carbocycles. The Kier molecular flexibility index (Phi) is 6.86. The SMILES string of the molecule is CC(C)(C)OC(=O)NCC(NC(=O)c1c(Cl)cccc1Cl)C(=O)O. The molecule has 132 valence electrons. The fourth-order valence-electron chi connectivity index (χ4n) is 1.64. The first kappa shape index (κ1) is 20.1. The first-order valence-electron chi connectivity index (χ1n) is 6.96. The molecule has 1 unspecified atom stereocenters. The smallest absolute Gasteiger partial charge is 0.407 e. The van der Waals surface area contributed by atoms with Gasteiger partial charge in [-0.05, 0) is 32.9 Å². The van der Waals surface area contributed by atoms with Crippen LogP contribution in [0.5, 0.6) is 0 Å². The number of benzene rings is 1. The van der Waals surface area contributed by atoms with E-state index >= 15 is 0 Å². The molecule has 7 nitrogen and oxygen atoms in total. The minimum atomic E-state index is -1.38. The molecule has 0 aromatic heterocycles. The van der Waals surface area contributed by atoms with Gasteiger partial charge >= 0.3 is 12.1 Å². The van der Waals surface area contributed by atoms with Crippen molar-refractivity contribution in [2.24, 2.45) is 0 Å². The third-order valence-electron chi connectivity index (χ3n) is 2.64. The van der Waals surface area contributed by atoms with Crippen molar-refractivity contribution in [3.8, 4) is 0 Å². The first-order valence-corrected chi connectivity index (χ1v) is 7.71. The van der Waals surface area contributed by atoms with Crippen molar-refractivity contribution in [1.82, 2.24) is 10.6 Å². The van der Waals surface area contributed by atoms with Crippen LogP contribution in [0.1, 0.15) is 31.1 Å². The Morgan fingerprint density at radius 3 is 2.21 bits per heavy atom. The van der Waals surface area contributed by atoms with Gasteiger partial charge in [0, 0.05) is 0 Å². The van der Waals surface area contributed by atoms with Crippen LogP contribution in [-0.4, -0.2) is 41.3 Å². The van der Waals surface area contributed by atoms with Crippen LogP contribution in [-0.2, 0) is 9.53 Å². The average molecular weight is 377 g/mol. The van der Waals surface area contributed by atoms with Crippen molar-refractivity contribution in [3.05, 3.63) is 33.8 Å². The number of aliphatic carboxylic acids is 1. The lowest BCUT2D eigenvalue weighted by Crippen LogP contribution is -2.49. The van der Waals surface area contributed by atoms with Crippen LogP contribution in [0.3, 0.4) is 0 Å². The van der Waals surface area contributed by atoms with Gasteiger partial charge in [0.25, 0.3) is 5.91 Å². The number of alkyl carbamates (subject to hydrolysis) is 1. The molecule has 2 amide bonds. The van der Waals surface area contributed by atoms with Crippen molar-refractivity contribution in [3.63, 3.8) is 0 Å². The molecule has 0 aliphatic heterocycles. The largest absolute Gasteiger partial charge is 0.480 e. The van der Waals surface area contributed by atoms with Crippen LogP contribution in [0, 0.1) is 0 Å².